The zero-order valence-corrected chi connectivity index (χ0v) is 17.5. The maximum atomic E-state index is 5.88. The zero-order chi connectivity index (χ0) is 16.4. The fourth-order valence-corrected chi connectivity index (χ4v) is 2.92. The third kappa shape index (κ3) is 8.31. The van der Waals surface area contributed by atoms with E-state index in [4.69, 9.17) is 14.2 Å². The molecule has 7 heteroatoms. The molecule has 1 atom stereocenters. The van der Waals surface area contributed by atoms with E-state index in [1.807, 2.05) is 0 Å². The minimum Gasteiger partial charge on any atom is -0.381 e. The highest BCUT2D eigenvalue weighted by molar-refractivity contribution is 14.0. The number of hydrogen-bond donors (Lipinski definition) is 2. The summed E-state index contributed by atoms with van der Waals surface area (Å²) < 4.78 is 17.0. The second-order valence-electron chi connectivity index (χ2n) is 6.56. The van der Waals surface area contributed by atoms with Crippen LogP contribution in [0, 0.1) is 0 Å². The van der Waals surface area contributed by atoms with Gasteiger partial charge in [-0.1, -0.05) is 0 Å². The number of nitrogens with zero attached hydrogens (tertiary/aromatic N) is 1. The highest BCUT2D eigenvalue weighted by atomic mass is 127. The van der Waals surface area contributed by atoms with Gasteiger partial charge in [0.05, 0.1) is 18.2 Å². The fourth-order valence-electron chi connectivity index (χ4n) is 2.92. The lowest BCUT2D eigenvalue weighted by molar-refractivity contribution is -0.0320. The van der Waals surface area contributed by atoms with Crippen LogP contribution in [0.3, 0.4) is 0 Å². The molecule has 0 amide bonds. The Labute approximate surface area is 163 Å². The van der Waals surface area contributed by atoms with Crippen LogP contribution in [-0.4, -0.2) is 63.7 Å². The van der Waals surface area contributed by atoms with Crippen LogP contribution < -0.4 is 10.6 Å². The normalized spacial score (nSPS) is 25.3. The summed E-state index contributed by atoms with van der Waals surface area (Å²) in [6, 6.07) is 0. The molecule has 2 fully saturated rings. The van der Waals surface area contributed by atoms with Gasteiger partial charge in [0.25, 0.3) is 0 Å². The van der Waals surface area contributed by atoms with Crippen molar-refractivity contribution in [1.29, 1.82) is 0 Å². The number of rotatable bonds is 8. The van der Waals surface area contributed by atoms with Gasteiger partial charge in [-0.05, 0) is 46.0 Å². The molecular formula is C17H34IN3O3. The Morgan fingerprint density at radius 2 is 2.04 bits per heavy atom. The molecule has 24 heavy (non-hydrogen) atoms. The lowest BCUT2D eigenvalue weighted by Gasteiger charge is -2.23. The van der Waals surface area contributed by atoms with Gasteiger partial charge in [0.15, 0.2) is 5.96 Å². The van der Waals surface area contributed by atoms with E-state index in [0.717, 1.165) is 77.6 Å². The average Bonchev–Trinajstić information content (AvgIpc) is 3.00. The van der Waals surface area contributed by atoms with Crippen LogP contribution in [-0.2, 0) is 14.2 Å². The van der Waals surface area contributed by atoms with Gasteiger partial charge in [-0.3, -0.25) is 4.99 Å². The van der Waals surface area contributed by atoms with Crippen LogP contribution in [0.4, 0.5) is 0 Å². The summed E-state index contributed by atoms with van der Waals surface area (Å²) >= 11 is 0. The molecule has 1 unspecified atom stereocenters. The summed E-state index contributed by atoms with van der Waals surface area (Å²) in [6.45, 7) is 9.99. The van der Waals surface area contributed by atoms with Crippen molar-refractivity contribution >= 4 is 29.9 Å². The van der Waals surface area contributed by atoms with Crippen LogP contribution in [0.25, 0.3) is 0 Å². The molecule has 2 rings (SSSR count). The number of hydrogen-bond acceptors (Lipinski definition) is 4. The Kier molecular flexibility index (Phi) is 11.2. The highest BCUT2D eigenvalue weighted by Gasteiger charge is 2.29. The summed E-state index contributed by atoms with van der Waals surface area (Å²) in [7, 11) is 0. The Bertz CT molecular complexity index is 357. The molecule has 2 N–H and O–H groups in total. The second-order valence-corrected chi connectivity index (χ2v) is 6.56. The smallest absolute Gasteiger partial charge is 0.191 e. The molecule has 0 bridgehead atoms. The van der Waals surface area contributed by atoms with Gasteiger partial charge < -0.3 is 24.8 Å². The van der Waals surface area contributed by atoms with Gasteiger partial charge in [0.1, 0.15) is 0 Å². The Hall–Kier alpha value is -0.120. The molecule has 0 saturated carbocycles. The van der Waals surface area contributed by atoms with E-state index < -0.39 is 0 Å². The van der Waals surface area contributed by atoms with E-state index in [2.05, 4.69) is 29.5 Å². The minimum absolute atomic E-state index is 0. The molecule has 2 heterocycles. The topological polar surface area (TPSA) is 64.1 Å². The molecule has 0 spiro atoms. The van der Waals surface area contributed by atoms with E-state index in [-0.39, 0.29) is 29.6 Å². The predicted molar refractivity (Wildman–Crippen MR) is 107 cm³/mol. The van der Waals surface area contributed by atoms with Crippen LogP contribution in [0.15, 0.2) is 4.99 Å². The van der Waals surface area contributed by atoms with E-state index in [9.17, 15) is 0 Å². The van der Waals surface area contributed by atoms with Gasteiger partial charge in [0, 0.05) is 39.5 Å². The lowest BCUT2D eigenvalue weighted by atomic mass is 10.0. The SMILES string of the molecule is CCNC(=NCC1(C)CCCO1)NCCCOC1CCOCC1.I. The molecule has 0 aliphatic carbocycles. The average molecular weight is 455 g/mol. The monoisotopic (exact) mass is 455 g/mol. The molecule has 0 radical (unpaired) electrons. The van der Waals surface area contributed by atoms with Crippen molar-refractivity contribution in [3.8, 4) is 0 Å². The molecule has 2 saturated heterocycles. The number of nitrogens with one attached hydrogen (secondary N) is 2. The Balaban J connectivity index is 0.00000288. The van der Waals surface area contributed by atoms with Crippen molar-refractivity contribution in [3.63, 3.8) is 0 Å². The van der Waals surface area contributed by atoms with Gasteiger partial charge in [-0.2, -0.15) is 0 Å². The minimum atomic E-state index is -0.0888. The molecule has 6 nitrogen and oxygen atoms in total. The van der Waals surface area contributed by atoms with Gasteiger partial charge in [-0.15, -0.1) is 24.0 Å². The first-order valence-corrected chi connectivity index (χ1v) is 9.07. The lowest BCUT2D eigenvalue weighted by Crippen LogP contribution is -2.40. The number of guanidine groups is 1. The quantitative estimate of drug-likeness (QED) is 0.255. The summed E-state index contributed by atoms with van der Waals surface area (Å²) in [4.78, 5) is 4.67. The molecule has 2 aliphatic rings. The predicted octanol–water partition coefficient (Wildman–Crippen LogP) is 2.31. The third-order valence-electron chi connectivity index (χ3n) is 4.35. The second kappa shape index (κ2) is 12.3. The standard InChI is InChI=1S/C17H33N3O3.HI/c1-3-18-16(20-14-17(2)8-4-11-23-17)19-9-5-10-22-15-6-12-21-13-7-15;/h15H,3-14H2,1-2H3,(H2,18,19,20);1H. The Morgan fingerprint density at radius 3 is 2.71 bits per heavy atom. The molecule has 0 aromatic carbocycles. The van der Waals surface area contributed by atoms with Gasteiger partial charge in [-0.25, -0.2) is 0 Å². The largest absolute Gasteiger partial charge is 0.381 e. The van der Waals surface area contributed by atoms with Crippen LogP contribution in [0.5, 0.6) is 0 Å². The number of halogens is 1. The summed E-state index contributed by atoms with van der Waals surface area (Å²) in [5, 5.41) is 6.67. The van der Waals surface area contributed by atoms with E-state index in [0.29, 0.717) is 12.6 Å². The van der Waals surface area contributed by atoms with Crippen LogP contribution in [0.1, 0.15) is 46.0 Å². The van der Waals surface area contributed by atoms with Crippen molar-refractivity contribution in [1.82, 2.24) is 10.6 Å². The summed E-state index contributed by atoms with van der Waals surface area (Å²) in [6.07, 6.45) is 5.64. The van der Waals surface area contributed by atoms with E-state index in [1.165, 1.54) is 0 Å². The highest BCUT2D eigenvalue weighted by Crippen LogP contribution is 2.24. The van der Waals surface area contributed by atoms with Crippen LogP contribution in [0.2, 0.25) is 0 Å². The first-order valence-electron chi connectivity index (χ1n) is 9.07. The van der Waals surface area contributed by atoms with Crippen molar-refractivity contribution in [2.45, 2.75) is 57.7 Å². The summed E-state index contributed by atoms with van der Waals surface area (Å²) in [5.74, 6) is 0.871. The van der Waals surface area contributed by atoms with Crippen molar-refractivity contribution in [2.75, 3.05) is 46.1 Å². The molecule has 2 aliphatic heterocycles. The summed E-state index contributed by atoms with van der Waals surface area (Å²) in [5.41, 5.74) is -0.0888. The zero-order valence-electron chi connectivity index (χ0n) is 15.1. The van der Waals surface area contributed by atoms with Crippen LogP contribution >= 0.6 is 24.0 Å². The van der Waals surface area contributed by atoms with Gasteiger partial charge >= 0.3 is 0 Å². The first kappa shape index (κ1) is 21.9. The first-order chi connectivity index (χ1) is 11.2. The van der Waals surface area contributed by atoms with Crippen molar-refractivity contribution in [2.24, 2.45) is 4.99 Å². The molecule has 0 aromatic heterocycles. The molecule has 142 valence electrons. The van der Waals surface area contributed by atoms with E-state index in [1.54, 1.807) is 0 Å². The number of aliphatic imine (C=N–C) groups is 1. The maximum Gasteiger partial charge on any atom is 0.191 e. The van der Waals surface area contributed by atoms with Crippen molar-refractivity contribution in [3.05, 3.63) is 0 Å². The number of ether oxygens (including phenoxy) is 3. The Morgan fingerprint density at radius 1 is 1.25 bits per heavy atom. The molecule has 0 aromatic rings. The molecular weight excluding hydrogens is 421 g/mol. The van der Waals surface area contributed by atoms with E-state index >= 15 is 0 Å². The third-order valence-corrected chi connectivity index (χ3v) is 4.35. The van der Waals surface area contributed by atoms with Crippen molar-refractivity contribution < 1.29 is 14.2 Å². The maximum absolute atomic E-state index is 5.88. The fraction of sp³-hybridized carbons (Fsp3) is 0.941. The van der Waals surface area contributed by atoms with Gasteiger partial charge in [0.2, 0.25) is 0 Å².